The molecule has 78 valence electrons. The van der Waals surface area contributed by atoms with Gasteiger partial charge in [-0.25, -0.2) is 4.79 Å². The molecule has 0 aliphatic carbocycles. The van der Waals surface area contributed by atoms with Crippen LogP contribution in [0.25, 0.3) is 0 Å². The molecule has 14 heavy (non-hydrogen) atoms. The van der Waals surface area contributed by atoms with E-state index in [-0.39, 0.29) is 52.8 Å². The van der Waals surface area contributed by atoms with Gasteiger partial charge < -0.3 is 16.6 Å². The first-order chi connectivity index (χ1) is 6.25. The molecule has 1 rings (SSSR count). The Bertz CT molecular complexity index is 179. The van der Waals surface area contributed by atoms with Crippen molar-refractivity contribution in [1.82, 2.24) is 10.2 Å². The van der Waals surface area contributed by atoms with E-state index in [4.69, 9.17) is 9.84 Å². The Labute approximate surface area is 128 Å². The summed E-state index contributed by atoms with van der Waals surface area (Å²) in [5.41, 5.74) is 0. The first kappa shape index (κ1) is 15.0. The number of carboxylic acids is 1. The van der Waals surface area contributed by atoms with E-state index in [0.717, 1.165) is 26.2 Å². The average molecular weight is 228 g/mol. The summed E-state index contributed by atoms with van der Waals surface area (Å²) >= 11 is 0. The maximum atomic E-state index is 10.8. The SMILES string of the molecule is CCOC(C(=O)O)N1CCNCC1.[H-].[K+]. The van der Waals surface area contributed by atoms with Gasteiger partial charge in [-0.15, -0.1) is 0 Å². The van der Waals surface area contributed by atoms with E-state index < -0.39 is 12.2 Å². The third-order valence-electron chi connectivity index (χ3n) is 2.02. The Hall–Kier alpha value is 0.986. The molecule has 0 aromatic rings. The summed E-state index contributed by atoms with van der Waals surface area (Å²) in [6.45, 7) is 5.36. The molecule has 1 fully saturated rings. The van der Waals surface area contributed by atoms with Crippen molar-refractivity contribution in [3.8, 4) is 0 Å². The summed E-state index contributed by atoms with van der Waals surface area (Å²) in [4.78, 5) is 12.6. The largest absolute Gasteiger partial charge is 1.00 e. The molecule has 0 bridgehead atoms. The van der Waals surface area contributed by atoms with Gasteiger partial charge in [0.25, 0.3) is 0 Å². The molecule has 0 aromatic carbocycles. The van der Waals surface area contributed by atoms with E-state index in [1.807, 2.05) is 4.90 Å². The Morgan fingerprint density at radius 3 is 2.64 bits per heavy atom. The molecular weight excluding hydrogens is 211 g/mol. The van der Waals surface area contributed by atoms with Crippen LogP contribution in [0.15, 0.2) is 0 Å². The van der Waals surface area contributed by atoms with Crippen LogP contribution in [0, 0.1) is 0 Å². The van der Waals surface area contributed by atoms with Crippen molar-refractivity contribution in [2.45, 2.75) is 13.2 Å². The molecular formula is C8H17KN2O3. The van der Waals surface area contributed by atoms with Gasteiger partial charge in [-0.3, -0.25) is 4.90 Å². The zero-order valence-electron chi connectivity index (χ0n) is 9.82. The summed E-state index contributed by atoms with van der Waals surface area (Å²) in [6, 6.07) is 0. The second kappa shape index (κ2) is 8.17. The van der Waals surface area contributed by atoms with Crippen LogP contribution in [-0.2, 0) is 9.53 Å². The number of carbonyl (C=O) groups is 1. The van der Waals surface area contributed by atoms with Gasteiger partial charge in [0.1, 0.15) is 0 Å². The van der Waals surface area contributed by atoms with Gasteiger partial charge in [0.15, 0.2) is 0 Å². The van der Waals surface area contributed by atoms with Crippen LogP contribution < -0.4 is 56.7 Å². The molecule has 1 heterocycles. The first-order valence-electron chi connectivity index (χ1n) is 4.55. The maximum absolute atomic E-state index is 10.8. The van der Waals surface area contributed by atoms with Crippen molar-refractivity contribution in [3.05, 3.63) is 0 Å². The molecule has 0 amide bonds. The number of piperazine rings is 1. The third kappa shape index (κ3) is 4.67. The van der Waals surface area contributed by atoms with E-state index in [2.05, 4.69) is 5.32 Å². The predicted octanol–water partition coefficient (Wildman–Crippen LogP) is -3.54. The first-order valence-corrected chi connectivity index (χ1v) is 4.55. The van der Waals surface area contributed by atoms with Gasteiger partial charge >= 0.3 is 57.4 Å². The standard InChI is InChI=1S/C8H16N2O3.K.H/c1-2-13-7(8(11)12)10-5-3-9-4-6-10;;/h7,9H,2-6H2,1H3,(H,11,12);;/q;+1;-1. The number of carboxylic acid groups (broad SMARTS) is 1. The molecule has 1 atom stereocenters. The zero-order valence-corrected chi connectivity index (χ0v) is 11.9. The van der Waals surface area contributed by atoms with Crippen LogP contribution in [0.2, 0.25) is 0 Å². The second-order valence-electron chi connectivity index (χ2n) is 2.93. The summed E-state index contributed by atoms with van der Waals surface area (Å²) in [6.07, 6.45) is -0.771. The third-order valence-corrected chi connectivity index (χ3v) is 2.02. The number of nitrogens with one attached hydrogen (secondary N) is 1. The fraction of sp³-hybridized carbons (Fsp3) is 0.875. The van der Waals surface area contributed by atoms with Gasteiger partial charge in [-0.2, -0.15) is 0 Å². The van der Waals surface area contributed by atoms with E-state index in [9.17, 15) is 4.79 Å². The average Bonchev–Trinajstić information content (AvgIpc) is 2.15. The molecule has 1 saturated heterocycles. The molecule has 0 aromatic heterocycles. The van der Waals surface area contributed by atoms with Crippen LogP contribution in [-0.4, -0.2) is 55.0 Å². The van der Waals surface area contributed by atoms with E-state index in [1.165, 1.54) is 0 Å². The Morgan fingerprint density at radius 1 is 1.64 bits per heavy atom. The van der Waals surface area contributed by atoms with Crippen molar-refractivity contribution in [2.75, 3.05) is 32.8 Å². The molecule has 1 unspecified atom stereocenters. The molecule has 0 saturated carbocycles. The smallest absolute Gasteiger partial charge is 1.00 e. The van der Waals surface area contributed by atoms with Crippen LogP contribution in [0.5, 0.6) is 0 Å². The minimum Gasteiger partial charge on any atom is -1.00 e. The predicted molar refractivity (Wildman–Crippen MR) is 48.6 cm³/mol. The minimum atomic E-state index is -0.899. The summed E-state index contributed by atoms with van der Waals surface area (Å²) in [7, 11) is 0. The quantitative estimate of drug-likeness (QED) is 0.488. The number of nitrogens with zero attached hydrogens (tertiary/aromatic N) is 1. The zero-order chi connectivity index (χ0) is 9.68. The second-order valence-corrected chi connectivity index (χ2v) is 2.93. The van der Waals surface area contributed by atoms with Crippen LogP contribution >= 0.6 is 0 Å². The number of hydrogen-bond acceptors (Lipinski definition) is 4. The Morgan fingerprint density at radius 2 is 2.21 bits per heavy atom. The van der Waals surface area contributed by atoms with Gasteiger partial charge in [-0.1, -0.05) is 0 Å². The van der Waals surface area contributed by atoms with Crippen LogP contribution in [0.1, 0.15) is 8.35 Å². The molecule has 0 spiro atoms. The fourth-order valence-corrected chi connectivity index (χ4v) is 1.41. The Kier molecular flexibility index (Phi) is 8.75. The van der Waals surface area contributed by atoms with Gasteiger partial charge in [-0.05, 0) is 6.92 Å². The van der Waals surface area contributed by atoms with Crippen molar-refractivity contribution in [3.63, 3.8) is 0 Å². The van der Waals surface area contributed by atoms with Crippen LogP contribution in [0.3, 0.4) is 0 Å². The Balaban J connectivity index is 0. The van der Waals surface area contributed by atoms with E-state index >= 15 is 0 Å². The molecule has 5 nitrogen and oxygen atoms in total. The monoisotopic (exact) mass is 228 g/mol. The molecule has 1 aliphatic heterocycles. The number of aliphatic carboxylic acids is 1. The van der Waals surface area contributed by atoms with Crippen molar-refractivity contribution < 1.29 is 67.4 Å². The topological polar surface area (TPSA) is 61.8 Å². The number of rotatable bonds is 4. The molecule has 0 radical (unpaired) electrons. The number of hydrogen-bond donors (Lipinski definition) is 2. The minimum absolute atomic E-state index is 0. The van der Waals surface area contributed by atoms with Gasteiger partial charge in [0.2, 0.25) is 6.23 Å². The van der Waals surface area contributed by atoms with Crippen molar-refractivity contribution in [2.24, 2.45) is 0 Å². The molecule has 1 aliphatic rings. The number of ether oxygens (including phenoxy) is 1. The van der Waals surface area contributed by atoms with Crippen molar-refractivity contribution >= 4 is 5.97 Å². The molecule has 6 heteroatoms. The van der Waals surface area contributed by atoms with Crippen molar-refractivity contribution in [1.29, 1.82) is 0 Å². The summed E-state index contributed by atoms with van der Waals surface area (Å²) in [5, 5.41) is 12.0. The van der Waals surface area contributed by atoms with Crippen LogP contribution in [0.4, 0.5) is 0 Å². The van der Waals surface area contributed by atoms with Gasteiger partial charge in [0.05, 0.1) is 0 Å². The van der Waals surface area contributed by atoms with Gasteiger partial charge in [0, 0.05) is 32.8 Å². The fourth-order valence-electron chi connectivity index (χ4n) is 1.41. The summed E-state index contributed by atoms with van der Waals surface area (Å²) < 4.78 is 5.14. The maximum Gasteiger partial charge on any atom is 1.00 e. The van der Waals surface area contributed by atoms with E-state index in [1.54, 1.807) is 6.92 Å². The normalized spacial score (nSPS) is 19.8. The summed E-state index contributed by atoms with van der Waals surface area (Å²) in [5.74, 6) is -0.899. The van der Waals surface area contributed by atoms with E-state index in [0.29, 0.717) is 6.61 Å². The molecule has 2 N–H and O–H groups in total.